The zero-order chi connectivity index (χ0) is 16.0. The molecule has 1 aromatic heterocycles. The molecular formula is C17H18N2O3S. The maximum absolute atomic E-state index is 12.5. The van der Waals surface area contributed by atoms with Gasteiger partial charge in [0.15, 0.2) is 0 Å². The van der Waals surface area contributed by atoms with E-state index in [9.17, 15) is 14.4 Å². The van der Waals surface area contributed by atoms with Crippen molar-refractivity contribution < 1.29 is 14.4 Å². The fourth-order valence-corrected chi connectivity index (χ4v) is 4.36. The van der Waals surface area contributed by atoms with Crippen LogP contribution in [0.4, 0.5) is 0 Å². The smallest absolute Gasteiger partial charge is 0.233 e. The summed E-state index contributed by atoms with van der Waals surface area (Å²) in [4.78, 5) is 40.4. The molecule has 6 heteroatoms. The highest BCUT2D eigenvalue weighted by molar-refractivity contribution is 7.08. The lowest BCUT2D eigenvalue weighted by Crippen LogP contribution is -2.62. The third-order valence-electron chi connectivity index (χ3n) is 5.06. The van der Waals surface area contributed by atoms with Gasteiger partial charge in [-0.1, -0.05) is 12.2 Å². The first-order valence-electron chi connectivity index (χ1n) is 7.96. The van der Waals surface area contributed by atoms with Crippen LogP contribution in [0.1, 0.15) is 18.4 Å². The van der Waals surface area contributed by atoms with E-state index in [-0.39, 0.29) is 35.6 Å². The quantitative estimate of drug-likeness (QED) is 0.623. The minimum absolute atomic E-state index is 0.0423. The molecule has 2 fully saturated rings. The summed E-state index contributed by atoms with van der Waals surface area (Å²) < 4.78 is 0. The summed E-state index contributed by atoms with van der Waals surface area (Å²) in [6, 6.07) is 1.82. The van der Waals surface area contributed by atoms with Gasteiger partial charge in [0.1, 0.15) is 0 Å². The fraction of sp³-hybridized carbons (Fsp3) is 0.471. The second-order valence-electron chi connectivity index (χ2n) is 6.46. The standard InChI is InChI=1S/C17H18N2O3S/c20-15(7-11-5-6-23-10-11)18-8-12(9-18)19-16(21)13-3-1-2-4-14(13)17(19)22/h1-2,5-6,10,12-14H,3-4,7-9H2/t13-,14-/m1/s1. The van der Waals surface area contributed by atoms with Crippen molar-refractivity contribution in [3.63, 3.8) is 0 Å². The van der Waals surface area contributed by atoms with Crippen LogP contribution in [0.2, 0.25) is 0 Å². The van der Waals surface area contributed by atoms with Crippen LogP contribution in [0.25, 0.3) is 0 Å². The number of carbonyl (C=O) groups excluding carboxylic acids is 3. The summed E-state index contributed by atoms with van der Waals surface area (Å²) in [5, 5.41) is 3.93. The lowest BCUT2D eigenvalue weighted by Gasteiger charge is -2.43. The Kier molecular flexibility index (Phi) is 3.56. The topological polar surface area (TPSA) is 57.7 Å². The molecule has 3 aliphatic rings. The number of imide groups is 1. The Morgan fingerprint density at radius 3 is 2.35 bits per heavy atom. The molecule has 0 radical (unpaired) electrons. The van der Waals surface area contributed by atoms with E-state index in [1.54, 1.807) is 16.2 Å². The van der Waals surface area contributed by atoms with Crippen LogP contribution in [-0.4, -0.2) is 46.7 Å². The Balaban J connectivity index is 1.37. The van der Waals surface area contributed by atoms with Gasteiger partial charge in [0.05, 0.1) is 24.3 Å². The molecule has 4 rings (SSSR count). The molecule has 120 valence electrons. The maximum Gasteiger partial charge on any atom is 0.233 e. The molecule has 1 aromatic rings. The summed E-state index contributed by atoms with van der Waals surface area (Å²) >= 11 is 1.58. The van der Waals surface area contributed by atoms with Gasteiger partial charge in [0.25, 0.3) is 0 Å². The van der Waals surface area contributed by atoms with E-state index in [0.29, 0.717) is 32.4 Å². The van der Waals surface area contributed by atoms with Gasteiger partial charge in [-0.15, -0.1) is 0 Å². The van der Waals surface area contributed by atoms with Crippen molar-refractivity contribution >= 4 is 29.1 Å². The van der Waals surface area contributed by atoms with Gasteiger partial charge in [-0.3, -0.25) is 19.3 Å². The van der Waals surface area contributed by atoms with Crippen molar-refractivity contribution in [2.75, 3.05) is 13.1 Å². The van der Waals surface area contributed by atoms with Gasteiger partial charge in [-0.05, 0) is 35.2 Å². The SMILES string of the molecule is O=C(Cc1ccsc1)N1CC(N2C(=O)[C@@H]3CC=CC[C@H]3C2=O)C1. The Bertz CT molecular complexity index is 650. The number of fused-ring (bicyclic) bond motifs is 1. The van der Waals surface area contributed by atoms with Crippen molar-refractivity contribution in [3.8, 4) is 0 Å². The molecule has 0 unspecified atom stereocenters. The molecular weight excluding hydrogens is 312 g/mol. The van der Waals surface area contributed by atoms with Crippen LogP contribution in [-0.2, 0) is 20.8 Å². The first-order chi connectivity index (χ1) is 11.1. The highest BCUT2D eigenvalue weighted by Crippen LogP contribution is 2.37. The third-order valence-corrected chi connectivity index (χ3v) is 5.79. The second kappa shape index (κ2) is 5.60. The molecule has 23 heavy (non-hydrogen) atoms. The van der Waals surface area contributed by atoms with Crippen LogP contribution in [0.15, 0.2) is 29.0 Å². The lowest BCUT2D eigenvalue weighted by molar-refractivity contribution is -0.152. The first-order valence-corrected chi connectivity index (χ1v) is 8.90. The molecule has 0 aromatic carbocycles. The van der Waals surface area contributed by atoms with Gasteiger partial charge in [-0.25, -0.2) is 0 Å². The zero-order valence-electron chi connectivity index (χ0n) is 12.7. The summed E-state index contributed by atoms with van der Waals surface area (Å²) in [5.74, 6) is -0.373. The van der Waals surface area contributed by atoms with Crippen LogP contribution >= 0.6 is 11.3 Å². The molecule has 0 spiro atoms. The average Bonchev–Trinajstić information content (AvgIpc) is 3.09. The van der Waals surface area contributed by atoms with E-state index < -0.39 is 0 Å². The number of rotatable bonds is 3. The molecule has 2 aliphatic heterocycles. The number of hydrogen-bond donors (Lipinski definition) is 0. The van der Waals surface area contributed by atoms with Crippen LogP contribution < -0.4 is 0 Å². The van der Waals surface area contributed by atoms with Crippen LogP contribution in [0, 0.1) is 11.8 Å². The molecule has 3 amide bonds. The first kappa shape index (κ1) is 14.6. The molecule has 5 nitrogen and oxygen atoms in total. The summed E-state index contributed by atoms with van der Waals surface area (Å²) in [7, 11) is 0. The predicted molar refractivity (Wildman–Crippen MR) is 85.6 cm³/mol. The minimum Gasteiger partial charge on any atom is -0.338 e. The highest BCUT2D eigenvalue weighted by Gasteiger charge is 2.52. The largest absolute Gasteiger partial charge is 0.338 e. The van der Waals surface area contributed by atoms with Crippen molar-refractivity contribution in [2.45, 2.75) is 25.3 Å². The van der Waals surface area contributed by atoms with Gasteiger partial charge in [0, 0.05) is 13.1 Å². The van der Waals surface area contributed by atoms with E-state index in [0.717, 1.165) is 5.56 Å². The Hall–Kier alpha value is -1.95. The second-order valence-corrected chi connectivity index (χ2v) is 7.24. The number of likely N-dealkylation sites (tertiary alicyclic amines) is 2. The van der Waals surface area contributed by atoms with Crippen molar-refractivity contribution in [3.05, 3.63) is 34.5 Å². The molecule has 0 N–H and O–H groups in total. The Morgan fingerprint density at radius 2 is 1.78 bits per heavy atom. The molecule has 1 aliphatic carbocycles. The van der Waals surface area contributed by atoms with Crippen molar-refractivity contribution in [1.82, 2.24) is 9.80 Å². The fourth-order valence-electron chi connectivity index (χ4n) is 3.69. The lowest BCUT2D eigenvalue weighted by atomic mass is 9.85. The monoisotopic (exact) mass is 330 g/mol. The zero-order valence-corrected chi connectivity index (χ0v) is 13.5. The van der Waals surface area contributed by atoms with Crippen LogP contribution in [0.5, 0.6) is 0 Å². The van der Waals surface area contributed by atoms with E-state index in [1.165, 1.54) is 4.90 Å². The highest BCUT2D eigenvalue weighted by atomic mass is 32.1. The minimum atomic E-state index is -0.178. The number of hydrogen-bond acceptors (Lipinski definition) is 4. The number of carbonyl (C=O) groups is 3. The molecule has 2 atom stereocenters. The molecule has 3 heterocycles. The van der Waals surface area contributed by atoms with Crippen molar-refractivity contribution in [1.29, 1.82) is 0 Å². The average molecular weight is 330 g/mol. The normalized spacial score (nSPS) is 27.3. The van der Waals surface area contributed by atoms with Gasteiger partial charge >= 0.3 is 0 Å². The molecule has 0 bridgehead atoms. The number of allylic oxidation sites excluding steroid dienone is 2. The third kappa shape index (κ3) is 2.41. The maximum atomic E-state index is 12.5. The van der Waals surface area contributed by atoms with Gasteiger partial charge in [-0.2, -0.15) is 11.3 Å². The van der Waals surface area contributed by atoms with Gasteiger partial charge < -0.3 is 4.90 Å². The number of thiophene rings is 1. The summed E-state index contributed by atoms with van der Waals surface area (Å²) in [6.07, 6.45) is 5.71. The Labute approximate surface area is 138 Å². The summed E-state index contributed by atoms with van der Waals surface area (Å²) in [6.45, 7) is 0.959. The predicted octanol–water partition coefficient (Wildman–Crippen LogP) is 1.45. The summed E-state index contributed by atoms with van der Waals surface area (Å²) in [5.41, 5.74) is 1.02. The van der Waals surface area contributed by atoms with E-state index >= 15 is 0 Å². The van der Waals surface area contributed by atoms with E-state index in [4.69, 9.17) is 0 Å². The van der Waals surface area contributed by atoms with Gasteiger partial charge in [0.2, 0.25) is 17.7 Å². The molecule has 0 saturated carbocycles. The number of nitrogens with zero attached hydrogens (tertiary/aromatic N) is 2. The van der Waals surface area contributed by atoms with Crippen molar-refractivity contribution in [2.24, 2.45) is 11.8 Å². The van der Waals surface area contributed by atoms with E-state index in [1.807, 2.05) is 29.0 Å². The Morgan fingerprint density at radius 1 is 1.13 bits per heavy atom. The molecule has 2 saturated heterocycles. The van der Waals surface area contributed by atoms with E-state index in [2.05, 4.69) is 0 Å². The van der Waals surface area contributed by atoms with Crippen LogP contribution in [0.3, 0.4) is 0 Å². The number of amides is 3.